The van der Waals surface area contributed by atoms with E-state index in [0.717, 1.165) is 24.0 Å². The zero-order valence-electron chi connectivity index (χ0n) is 12.7. The van der Waals surface area contributed by atoms with Crippen molar-refractivity contribution >= 4 is 39.9 Å². The smallest absolute Gasteiger partial charge is 0.293 e. The van der Waals surface area contributed by atoms with Gasteiger partial charge in [0, 0.05) is 22.6 Å². The van der Waals surface area contributed by atoms with E-state index in [1.54, 1.807) is 24.3 Å². The minimum absolute atomic E-state index is 0.277. The Kier molecular flexibility index (Phi) is 4.53. The van der Waals surface area contributed by atoms with Crippen LogP contribution in [0.25, 0.3) is 11.0 Å². The Labute approximate surface area is 139 Å². The lowest BCUT2D eigenvalue weighted by Gasteiger charge is -2.07. The van der Waals surface area contributed by atoms with Crippen LogP contribution in [0.1, 0.15) is 23.9 Å². The third kappa shape index (κ3) is 3.32. The van der Waals surface area contributed by atoms with E-state index in [2.05, 4.69) is 17.6 Å². The average molecular weight is 329 g/mol. The minimum atomic E-state index is -0.304. The first kappa shape index (κ1) is 15.4. The van der Waals surface area contributed by atoms with E-state index in [9.17, 15) is 4.79 Å². The number of carbonyl (C=O) groups is 1. The largest absolute Gasteiger partial charge is 0.449 e. The molecule has 0 saturated carbocycles. The van der Waals surface area contributed by atoms with Crippen molar-refractivity contribution in [1.29, 1.82) is 0 Å². The van der Waals surface area contributed by atoms with E-state index in [0.29, 0.717) is 16.3 Å². The first-order valence-electron chi connectivity index (χ1n) is 7.51. The molecule has 4 nitrogen and oxygen atoms in total. The molecule has 0 radical (unpaired) electrons. The van der Waals surface area contributed by atoms with Gasteiger partial charge in [-0.2, -0.15) is 0 Å². The van der Waals surface area contributed by atoms with Gasteiger partial charge in [-0.15, -0.1) is 0 Å². The summed E-state index contributed by atoms with van der Waals surface area (Å²) < 4.78 is 5.75. The van der Waals surface area contributed by atoms with E-state index < -0.39 is 0 Å². The van der Waals surface area contributed by atoms with Crippen molar-refractivity contribution in [2.45, 2.75) is 13.3 Å². The standard InChI is InChI=1S/C18H17ClN2O2/c1-2-10-20-16-14-8-3-4-9-15(14)23-17(16)18(22)21-13-7-5-6-12(19)11-13/h3-9,11,20H,2,10H2,1H3,(H,21,22). The second-order valence-electron chi connectivity index (χ2n) is 5.19. The highest BCUT2D eigenvalue weighted by atomic mass is 35.5. The monoisotopic (exact) mass is 328 g/mol. The third-order valence-corrected chi connectivity index (χ3v) is 3.67. The van der Waals surface area contributed by atoms with Crippen LogP contribution in [-0.4, -0.2) is 12.5 Å². The van der Waals surface area contributed by atoms with Crippen LogP contribution < -0.4 is 10.6 Å². The lowest BCUT2D eigenvalue weighted by atomic mass is 10.2. The zero-order valence-corrected chi connectivity index (χ0v) is 13.5. The third-order valence-electron chi connectivity index (χ3n) is 3.44. The van der Waals surface area contributed by atoms with Crippen LogP contribution in [0.2, 0.25) is 5.02 Å². The Morgan fingerprint density at radius 3 is 2.78 bits per heavy atom. The van der Waals surface area contributed by atoms with Crippen molar-refractivity contribution in [3.63, 3.8) is 0 Å². The van der Waals surface area contributed by atoms with Gasteiger partial charge in [-0.25, -0.2) is 0 Å². The van der Waals surface area contributed by atoms with Crippen LogP contribution in [0.15, 0.2) is 52.9 Å². The lowest BCUT2D eigenvalue weighted by Crippen LogP contribution is -2.13. The average Bonchev–Trinajstić information content (AvgIpc) is 2.91. The Bertz CT molecular complexity index is 842. The maximum atomic E-state index is 12.6. The van der Waals surface area contributed by atoms with E-state index in [-0.39, 0.29) is 11.7 Å². The van der Waals surface area contributed by atoms with Gasteiger partial charge in [0.2, 0.25) is 5.76 Å². The summed E-state index contributed by atoms with van der Waals surface area (Å²) in [7, 11) is 0. The molecule has 0 atom stereocenters. The minimum Gasteiger partial charge on any atom is -0.449 e. The number of amides is 1. The predicted octanol–water partition coefficient (Wildman–Crippen LogP) is 5.16. The van der Waals surface area contributed by atoms with Crippen LogP contribution in [0, 0.1) is 0 Å². The van der Waals surface area contributed by atoms with E-state index >= 15 is 0 Å². The number of halogens is 1. The highest BCUT2D eigenvalue weighted by Crippen LogP contribution is 2.31. The summed E-state index contributed by atoms with van der Waals surface area (Å²) in [6.45, 7) is 2.84. The molecule has 0 bridgehead atoms. The molecule has 1 aromatic heterocycles. The number of anilines is 2. The lowest BCUT2D eigenvalue weighted by molar-refractivity contribution is 0.0999. The Balaban J connectivity index is 1.95. The summed E-state index contributed by atoms with van der Waals surface area (Å²) in [6.07, 6.45) is 0.953. The molecule has 2 N–H and O–H groups in total. The number of fused-ring (bicyclic) bond motifs is 1. The molecule has 0 saturated heterocycles. The number of hydrogen-bond acceptors (Lipinski definition) is 3. The highest BCUT2D eigenvalue weighted by molar-refractivity contribution is 6.31. The molecule has 0 fully saturated rings. The normalized spacial score (nSPS) is 10.7. The van der Waals surface area contributed by atoms with Gasteiger partial charge in [-0.1, -0.05) is 36.7 Å². The van der Waals surface area contributed by atoms with Crippen molar-refractivity contribution in [3.05, 3.63) is 59.3 Å². The molecular weight excluding hydrogens is 312 g/mol. The van der Waals surface area contributed by atoms with Crippen LogP contribution in [-0.2, 0) is 0 Å². The SMILES string of the molecule is CCCNc1c(C(=O)Nc2cccc(Cl)c2)oc2ccccc12. The van der Waals surface area contributed by atoms with Crippen molar-refractivity contribution in [2.75, 3.05) is 17.2 Å². The van der Waals surface area contributed by atoms with Crippen molar-refractivity contribution in [2.24, 2.45) is 0 Å². The van der Waals surface area contributed by atoms with Gasteiger partial charge < -0.3 is 15.1 Å². The summed E-state index contributed by atoms with van der Waals surface area (Å²) in [5.41, 5.74) is 2.04. The summed E-state index contributed by atoms with van der Waals surface area (Å²) in [6, 6.07) is 14.6. The molecule has 3 rings (SSSR count). The molecule has 23 heavy (non-hydrogen) atoms. The number of hydrogen-bond donors (Lipinski definition) is 2. The number of carbonyl (C=O) groups excluding carboxylic acids is 1. The molecular formula is C18H17ClN2O2. The van der Waals surface area contributed by atoms with Crippen LogP contribution in [0.5, 0.6) is 0 Å². The molecule has 1 heterocycles. The molecule has 1 amide bonds. The van der Waals surface area contributed by atoms with Gasteiger partial charge in [0.25, 0.3) is 5.91 Å². The van der Waals surface area contributed by atoms with Gasteiger partial charge in [-0.05, 0) is 36.8 Å². The van der Waals surface area contributed by atoms with Gasteiger partial charge in [0.1, 0.15) is 5.58 Å². The molecule has 5 heteroatoms. The number of benzene rings is 2. The Hall–Kier alpha value is -2.46. The fraction of sp³-hybridized carbons (Fsp3) is 0.167. The second-order valence-corrected chi connectivity index (χ2v) is 5.63. The van der Waals surface area contributed by atoms with E-state index in [4.69, 9.17) is 16.0 Å². The molecule has 3 aromatic rings. The molecule has 0 spiro atoms. The van der Waals surface area contributed by atoms with E-state index in [1.165, 1.54) is 0 Å². The molecule has 118 valence electrons. The number of furan rings is 1. The van der Waals surface area contributed by atoms with Gasteiger partial charge >= 0.3 is 0 Å². The topological polar surface area (TPSA) is 54.3 Å². The van der Waals surface area contributed by atoms with Gasteiger partial charge in [0.05, 0.1) is 5.69 Å². The molecule has 2 aromatic carbocycles. The Morgan fingerprint density at radius 1 is 1.17 bits per heavy atom. The molecule has 0 aliphatic carbocycles. The Morgan fingerprint density at radius 2 is 2.00 bits per heavy atom. The van der Waals surface area contributed by atoms with Crippen LogP contribution in [0.3, 0.4) is 0 Å². The maximum Gasteiger partial charge on any atom is 0.293 e. The highest BCUT2D eigenvalue weighted by Gasteiger charge is 2.20. The van der Waals surface area contributed by atoms with E-state index in [1.807, 2.05) is 24.3 Å². The van der Waals surface area contributed by atoms with Crippen LogP contribution in [0.4, 0.5) is 11.4 Å². The quantitative estimate of drug-likeness (QED) is 0.680. The fourth-order valence-corrected chi connectivity index (χ4v) is 2.58. The van der Waals surface area contributed by atoms with Gasteiger partial charge in [-0.3, -0.25) is 4.79 Å². The van der Waals surface area contributed by atoms with Crippen molar-refractivity contribution in [1.82, 2.24) is 0 Å². The summed E-state index contributed by atoms with van der Waals surface area (Å²) >= 11 is 5.95. The molecule has 0 aliphatic rings. The second kappa shape index (κ2) is 6.75. The van der Waals surface area contributed by atoms with Crippen molar-refractivity contribution < 1.29 is 9.21 Å². The number of para-hydroxylation sites is 1. The zero-order chi connectivity index (χ0) is 16.2. The summed E-state index contributed by atoms with van der Waals surface area (Å²) in [5.74, 6) is -0.0262. The predicted molar refractivity (Wildman–Crippen MR) is 94.4 cm³/mol. The summed E-state index contributed by atoms with van der Waals surface area (Å²) in [4.78, 5) is 12.6. The number of nitrogens with one attached hydrogen (secondary N) is 2. The summed E-state index contributed by atoms with van der Waals surface area (Å²) in [5, 5.41) is 7.57. The number of rotatable bonds is 5. The van der Waals surface area contributed by atoms with Crippen LogP contribution >= 0.6 is 11.6 Å². The van der Waals surface area contributed by atoms with Crippen molar-refractivity contribution in [3.8, 4) is 0 Å². The van der Waals surface area contributed by atoms with Gasteiger partial charge in [0.15, 0.2) is 0 Å². The molecule has 0 unspecified atom stereocenters. The maximum absolute atomic E-state index is 12.6. The fourth-order valence-electron chi connectivity index (χ4n) is 2.38. The molecule has 0 aliphatic heterocycles. The first-order chi connectivity index (χ1) is 11.2. The first-order valence-corrected chi connectivity index (χ1v) is 7.89.